The predicted octanol–water partition coefficient (Wildman–Crippen LogP) is 0.0976. The van der Waals surface area contributed by atoms with Crippen LogP contribution in [0.25, 0.3) is 0 Å². The van der Waals surface area contributed by atoms with Crippen molar-refractivity contribution in [3.8, 4) is 0 Å². The highest BCUT2D eigenvalue weighted by Gasteiger charge is 2.16. The molecule has 1 aliphatic rings. The van der Waals surface area contributed by atoms with E-state index in [0.717, 1.165) is 31.6 Å². The Balaban J connectivity index is 1.74. The average molecular weight is 292 g/mol. The van der Waals surface area contributed by atoms with Gasteiger partial charge >= 0.3 is 0 Å². The molecule has 0 bridgehead atoms. The zero-order chi connectivity index (χ0) is 15.1. The minimum Gasteiger partial charge on any atom is -0.351 e. The molecule has 21 heavy (non-hydrogen) atoms. The van der Waals surface area contributed by atoms with Crippen LogP contribution < -0.4 is 10.6 Å². The number of carbonyl (C=O) groups is 1. The molecule has 1 aliphatic heterocycles. The lowest BCUT2D eigenvalue weighted by Gasteiger charge is -2.27. The molecule has 2 N–H and O–H groups in total. The van der Waals surface area contributed by atoms with Crippen molar-refractivity contribution in [1.29, 1.82) is 0 Å². The Bertz CT molecular complexity index is 489. The van der Waals surface area contributed by atoms with Gasteiger partial charge in [-0.2, -0.15) is 5.10 Å². The maximum Gasteiger partial charge on any atom is 0.241 e. The fourth-order valence-electron chi connectivity index (χ4n) is 2.38. The molecule has 7 heteroatoms. The molecule has 7 nitrogen and oxygen atoms in total. The Labute approximate surface area is 125 Å². The van der Waals surface area contributed by atoms with Gasteiger partial charge in [0.1, 0.15) is 0 Å². The SMILES string of the molecule is CN=C(NCC(=O)N1CCCCC1)NCc1ccnn1C. The Morgan fingerprint density at radius 2 is 2.10 bits per heavy atom. The van der Waals surface area contributed by atoms with Gasteiger partial charge in [0.05, 0.1) is 18.8 Å². The van der Waals surface area contributed by atoms with E-state index in [0.29, 0.717) is 12.5 Å². The molecule has 116 valence electrons. The van der Waals surface area contributed by atoms with Crippen molar-refractivity contribution in [2.24, 2.45) is 12.0 Å². The van der Waals surface area contributed by atoms with E-state index in [2.05, 4.69) is 20.7 Å². The Morgan fingerprint density at radius 1 is 1.33 bits per heavy atom. The number of aryl methyl sites for hydroxylation is 1. The van der Waals surface area contributed by atoms with Gasteiger partial charge in [0, 0.05) is 33.4 Å². The smallest absolute Gasteiger partial charge is 0.241 e. The van der Waals surface area contributed by atoms with Crippen LogP contribution in [0, 0.1) is 0 Å². The van der Waals surface area contributed by atoms with Crippen molar-refractivity contribution in [1.82, 2.24) is 25.3 Å². The van der Waals surface area contributed by atoms with Gasteiger partial charge in [-0.1, -0.05) is 0 Å². The van der Waals surface area contributed by atoms with Gasteiger partial charge in [0.15, 0.2) is 5.96 Å². The highest BCUT2D eigenvalue weighted by molar-refractivity contribution is 5.86. The molecular weight excluding hydrogens is 268 g/mol. The summed E-state index contributed by atoms with van der Waals surface area (Å²) in [6.07, 6.45) is 5.20. The minimum atomic E-state index is 0.137. The summed E-state index contributed by atoms with van der Waals surface area (Å²) < 4.78 is 1.80. The summed E-state index contributed by atoms with van der Waals surface area (Å²) in [6, 6.07) is 1.94. The molecule has 0 radical (unpaired) electrons. The van der Waals surface area contributed by atoms with Crippen LogP contribution in [0.5, 0.6) is 0 Å². The molecule has 2 rings (SSSR count). The molecule has 1 saturated heterocycles. The summed E-state index contributed by atoms with van der Waals surface area (Å²) >= 11 is 0. The lowest BCUT2D eigenvalue weighted by atomic mass is 10.1. The number of carbonyl (C=O) groups excluding carboxylic acids is 1. The number of nitrogens with one attached hydrogen (secondary N) is 2. The lowest BCUT2D eigenvalue weighted by Crippen LogP contribution is -2.45. The van der Waals surface area contributed by atoms with Crippen LogP contribution in [0.15, 0.2) is 17.3 Å². The Kier molecular flexibility index (Phi) is 5.59. The molecule has 0 saturated carbocycles. The quantitative estimate of drug-likeness (QED) is 0.609. The third-order valence-corrected chi connectivity index (χ3v) is 3.70. The summed E-state index contributed by atoms with van der Waals surface area (Å²) in [4.78, 5) is 18.1. The maximum absolute atomic E-state index is 12.1. The summed E-state index contributed by atoms with van der Waals surface area (Å²) in [5, 5.41) is 10.4. The highest BCUT2D eigenvalue weighted by atomic mass is 16.2. The summed E-state index contributed by atoms with van der Waals surface area (Å²) in [7, 11) is 3.59. The van der Waals surface area contributed by atoms with Crippen LogP contribution in [-0.2, 0) is 18.4 Å². The van der Waals surface area contributed by atoms with Gasteiger partial charge in [-0.15, -0.1) is 0 Å². The van der Waals surface area contributed by atoms with Crippen molar-refractivity contribution in [3.05, 3.63) is 18.0 Å². The number of likely N-dealkylation sites (tertiary alicyclic amines) is 1. The second kappa shape index (κ2) is 7.66. The first-order valence-corrected chi connectivity index (χ1v) is 7.40. The molecule has 1 fully saturated rings. The molecular formula is C14H24N6O. The third kappa shape index (κ3) is 4.47. The van der Waals surface area contributed by atoms with E-state index >= 15 is 0 Å². The van der Waals surface area contributed by atoms with Crippen LogP contribution in [0.2, 0.25) is 0 Å². The zero-order valence-electron chi connectivity index (χ0n) is 12.8. The van der Waals surface area contributed by atoms with Crippen molar-refractivity contribution in [2.75, 3.05) is 26.7 Å². The fraction of sp³-hybridized carbons (Fsp3) is 0.643. The van der Waals surface area contributed by atoms with Gasteiger partial charge in [-0.05, 0) is 25.3 Å². The summed E-state index contributed by atoms with van der Waals surface area (Å²) in [5.74, 6) is 0.764. The van der Waals surface area contributed by atoms with Crippen molar-refractivity contribution in [3.63, 3.8) is 0 Å². The van der Waals surface area contributed by atoms with Gasteiger partial charge in [0.2, 0.25) is 5.91 Å². The number of nitrogens with zero attached hydrogens (tertiary/aromatic N) is 4. The van der Waals surface area contributed by atoms with E-state index < -0.39 is 0 Å². The summed E-state index contributed by atoms with van der Waals surface area (Å²) in [6.45, 7) is 2.66. The normalized spacial score (nSPS) is 15.9. The van der Waals surface area contributed by atoms with Crippen molar-refractivity contribution in [2.45, 2.75) is 25.8 Å². The van der Waals surface area contributed by atoms with E-state index in [1.165, 1.54) is 6.42 Å². The molecule has 1 amide bonds. The number of aromatic nitrogens is 2. The zero-order valence-corrected chi connectivity index (χ0v) is 12.8. The first kappa shape index (κ1) is 15.3. The van der Waals surface area contributed by atoms with Crippen LogP contribution in [0.4, 0.5) is 0 Å². The number of aliphatic imine (C=N–C) groups is 1. The lowest BCUT2D eigenvalue weighted by molar-refractivity contribution is -0.130. The third-order valence-electron chi connectivity index (χ3n) is 3.70. The van der Waals surface area contributed by atoms with E-state index in [-0.39, 0.29) is 12.5 Å². The largest absolute Gasteiger partial charge is 0.351 e. The van der Waals surface area contributed by atoms with Crippen LogP contribution in [-0.4, -0.2) is 53.2 Å². The van der Waals surface area contributed by atoms with Crippen molar-refractivity contribution >= 4 is 11.9 Å². The Morgan fingerprint density at radius 3 is 2.71 bits per heavy atom. The minimum absolute atomic E-state index is 0.137. The Hall–Kier alpha value is -2.05. The molecule has 0 unspecified atom stereocenters. The molecule has 0 atom stereocenters. The van der Waals surface area contributed by atoms with Crippen LogP contribution in [0.3, 0.4) is 0 Å². The molecule has 2 heterocycles. The second-order valence-electron chi connectivity index (χ2n) is 5.17. The van der Waals surface area contributed by atoms with Gasteiger partial charge in [0.25, 0.3) is 0 Å². The number of guanidine groups is 1. The molecule has 0 aromatic carbocycles. The second-order valence-corrected chi connectivity index (χ2v) is 5.17. The fourth-order valence-corrected chi connectivity index (χ4v) is 2.38. The number of rotatable bonds is 4. The van der Waals surface area contributed by atoms with Gasteiger partial charge in [-0.3, -0.25) is 14.5 Å². The maximum atomic E-state index is 12.1. The monoisotopic (exact) mass is 292 g/mol. The standard InChI is InChI=1S/C14H24N6O/c1-15-14(16-10-12-6-7-18-19(12)2)17-11-13(21)20-8-4-3-5-9-20/h6-7H,3-5,8-11H2,1-2H3,(H2,15,16,17). The number of amides is 1. The number of piperidine rings is 1. The molecule has 1 aromatic heterocycles. The first-order chi connectivity index (χ1) is 10.2. The van der Waals surface area contributed by atoms with Gasteiger partial charge in [-0.25, -0.2) is 0 Å². The topological polar surface area (TPSA) is 74.6 Å². The van der Waals surface area contributed by atoms with Gasteiger partial charge < -0.3 is 15.5 Å². The van der Waals surface area contributed by atoms with Crippen molar-refractivity contribution < 1.29 is 4.79 Å². The molecule has 0 aliphatic carbocycles. The first-order valence-electron chi connectivity index (χ1n) is 7.40. The van der Waals surface area contributed by atoms with Crippen LogP contribution in [0.1, 0.15) is 25.0 Å². The number of hydrogen-bond donors (Lipinski definition) is 2. The van der Waals surface area contributed by atoms with E-state index in [4.69, 9.17) is 0 Å². The highest BCUT2D eigenvalue weighted by Crippen LogP contribution is 2.08. The average Bonchev–Trinajstić information content (AvgIpc) is 2.93. The molecule has 0 spiro atoms. The van der Waals surface area contributed by atoms with E-state index in [9.17, 15) is 4.79 Å². The number of hydrogen-bond acceptors (Lipinski definition) is 3. The molecule has 1 aromatic rings. The summed E-state index contributed by atoms with van der Waals surface area (Å²) in [5.41, 5.74) is 1.06. The van der Waals surface area contributed by atoms with Crippen LogP contribution >= 0.6 is 0 Å². The van der Waals surface area contributed by atoms with E-state index in [1.807, 2.05) is 18.0 Å². The van der Waals surface area contributed by atoms with E-state index in [1.54, 1.807) is 17.9 Å². The predicted molar refractivity (Wildman–Crippen MR) is 81.8 cm³/mol.